The highest BCUT2D eigenvalue weighted by Crippen LogP contribution is 2.20. The zero-order valence-corrected chi connectivity index (χ0v) is 14.0. The van der Waals surface area contributed by atoms with Crippen molar-refractivity contribution in [2.45, 2.75) is 6.92 Å². The van der Waals surface area contributed by atoms with Crippen LogP contribution in [0.15, 0.2) is 67.4 Å². The Morgan fingerprint density at radius 1 is 1.12 bits per heavy atom. The third-order valence-electron chi connectivity index (χ3n) is 4.08. The van der Waals surface area contributed by atoms with Crippen LogP contribution in [-0.4, -0.2) is 30.9 Å². The Kier molecular flexibility index (Phi) is 4.03. The van der Waals surface area contributed by atoms with E-state index in [0.29, 0.717) is 5.56 Å². The molecule has 0 unspecified atom stereocenters. The minimum Gasteiger partial charge on any atom is -0.322 e. The molecule has 0 aliphatic heterocycles. The zero-order chi connectivity index (χ0) is 17.9. The summed E-state index contributed by atoms with van der Waals surface area (Å²) in [5.74, 6) is -0.160. The van der Waals surface area contributed by atoms with Crippen LogP contribution >= 0.6 is 0 Å². The van der Waals surface area contributed by atoms with E-state index >= 15 is 0 Å². The molecule has 0 atom stereocenters. The lowest BCUT2D eigenvalue weighted by molar-refractivity contribution is 0.102. The van der Waals surface area contributed by atoms with Gasteiger partial charge in [0, 0.05) is 17.4 Å². The second-order valence-corrected chi connectivity index (χ2v) is 5.84. The number of aromatic amines is 1. The standard InChI is InChI=1S/C19H16N6O/c1-13-10-15(4-7-18(13)25-12-20-11-22-25)19(26)23-16-5-2-14(3-6-16)17-8-9-21-24-17/h2-12H,1H3,(H,21,24)(H,23,26). The molecule has 2 aromatic carbocycles. The molecule has 7 nitrogen and oxygen atoms in total. The average Bonchev–Trinajstić information content (AvgIpc) is 3.36. The summed E-state index contributed by atoms with van der Waals surface area (Å²) in [4.78, 5) is 16.5. The van der Waals surface area contributed by atoms with E-state index in [0.717, 1.165) is 28.2 Å². The molecule has 0 fully saturated rings. The lowest BCUT2D eigenvalue weighted by atomic mass is 10.1. The number of amides is 1. The van der Waals surface area contributed by atoms with Crippen LogP contribution in [0.3, 0.4) is 0 Å². The minimum atomic E-state index is -0.160. The lowest BCUT2D eigenvalue weighted by Gasteiger charge is -2.09. The van der Waals surface area contributed by atoms with Crippen LogP contribution in [0.2, 0.25) is 0 Å². The van der Waals surface area contributed by atoms with Crippen LogP contribution in [0.25, 0.3) is 16.9 Å². The molecule has 4 aromatic rings. The molecule has 2 heterocycles. The van der Waals surface area contributed by atoms with Crippen LogP contribution in [-0.2, 0) is 0 Å². The number of anilines is 1. The van der Waals surface area contributed by atoms with Gasteiger partial charge in [0.1, 0.15) is 12.7 Å². The van der Waals surface area contributed by atoms with Gasteiger partial charge in [0.25, 0.3) is 5.91 Å². The molecule has 0 aliphatic rings. The lowest BCUT2D eigenvalue weighted by Crippen LogP contribution is -2.12. The summed E-state index contributed by atoms with van der Waals surface area (Å²) in [6.07, 6.45) is 4.81. The molecular formula is C19H16N6O. The Morgan fingerprint density at radius 2 is 1.96 bits per heavy atom. The van der Waals surface area contributed by atoms with Crippen LogP contribution in [0.5, 0.6) is 0 Å². The van der Waals surface area contributed by atoms with Gasteiger partial charge in [0.2, 0.25) is 0 Å². The fourth-order valence-corrected chi connectivity index (χ4v) is 2.74. The third kappa shape index (κ3) is 3.10. The molecule has 0 radical (unpaired) electrons. The number of aromatic nitrogens is 5. The quantitative estimate of drug-likeness (QED) is 0.595. The highest BCUT2D eigenvalue weighted by Gasteiger charge is 2.10. The molecule has 0 saturated heterocycles. The van der Waals surface area contributed by atoms with Gasteiger partial charge in [-0.05, 0) is 54.4 Å². The first kappa shape index (κ1) is 15.8. The van der Waals surface area contributed by atoms with Crippen LogP contribution in [0.4, 0.5) is 5.69 Å². The van der Waals surface area contributed by atoms with Crippen molar-refractivity contribution in [2.24, 2.45) is 0 Å². The van der Waals surface area contributed by atoms with Gasteiger partial charge >= 0.3 is 0 Å². The number of aryl methyl sites for hydroxylation is 1. The second-order valence-electron chi connectivity index (χ2n) is 5.84. The molecule has 128 valence electrons. The summed E-state index contributed by atoms with van der Waals surface area (Å²) in [6.45, 7) is 1.94. The summed E-state index contributed by atoms with van der Waals surface area (Å²) < 4.78 is 1.67. The van der Waals surface area contributed by atoms with Crippen molar-refractivity contribution >= 4 is 11.6 Å². The Balaban J connectivity index is 1.50. The first-order valence-corrected chi connectivity index (χ1v) is 8.07. The number of carbonyl (C=O) groups excluding carboxylic acids is 1. The van der Waals surface area contributed by atoms with Crippen molar-refractivity contribution in [2.75, 3.05) is 5.32 Å². The molecule has 0 aliphatic carbocycles. The van der Waals surface area contributed by atoms with Crippen LogP contribution < -0.4 is 5.32 Å². The molecular weight excluding hydrogens is 328 g/mol. The van der Waals surface area contributed by atoms with Gasteiger partial charge in [0.05, 0.1) is 11.4 Å². The molecule has 26 heavy (non-hydrogen) atoms. The molecule has 0 saturated carbocycles. The van der Waals surface area contributed by atoms with E-state index in [9.17, 15) is 4.79 Å². The van der Waals surface area contributed by atoms with Crippen molar-refractivity contribution in [3.05, 3.63) is 78.5 Å². The van der Waals surface area contributed by atoms with Gasteiger partial charge in [0.15, 0.2) is 0 Å². The molecule has 0 bridgehead atoms. The van der Waals surface area contributed by atoms with E-state index in [1.165, 1.54) is 6.33 Å². The Hall–Kier alpha value is -3.74. The second kappa shape index (κ2) is 6.64. The summed E-state index contributed by atoms with van der Waals surface area (Å²) in [6, 6.07) is 15.0. The van der Waals surface area contributed by atoms with Crippen molar-refractivity contribution in [1.29, 1.82) is 0 Å². The van der Waals surface area contributed by atoms with E-state index in [2.05, 4.69) is 25.6 Å². The summed E-state index contributed by atoms with van der Waals surface area (Å²) in [5, 5.41) is 13.9. The largest absolute Gasteiger partial charge is 0.322 e. The van der Waals surface area contributed by atoms with Crippen molar-refractivity contribution < 1.29 is 4.79 Å². The van der Waals surface area contributed by atoms with E-state index in [4.69, 9.17) is 0 Å². The summed E-state index contributed by atoms with van der Waals surface area (Å²) in [7, 11) is 0. The molecule has 0 spiro atoms. The van der Waals surface area contributed by atoms with Crippen molar-refractivity contribution in [1.82, 2.24) is 25.0 Å². The van der Waals surface area contributed by atoms with Gasteiger partial charge in [-0.15, -0.1) is 0 Å². The van der Waals surface area contributed by atoms with Crippen LogP contribution in [0, 0.1) is 6.92 Å². The molecule has 7 heteroatoms. The van der Waals surface area contributed by atoms with Crippen molar-refractivity contribution in [3.8, 4) is 16.9 Å². The SMILES string of the molecule is Cc1cc(C(=O)Nc2ccc(-c3ccn[nH]3)cc2)ccc1-n1cncn1. The maximum Gasteiger partial charge on any atom is 0.255 e. The first-order valence-electron chi connectivity index (χ1n) is 8.07. The number of nitrogens with one attached hydrogen (secondary N) is 2. The smallest absolute Gasteiger partial charge is 0.255 e. The van der Waals surface area contributed by atoms with Gasteiger partial charge in [-0.1, -0.05) is 12.1 Å². The Morgan fingerprint density at radius 3 is 2.62 bits per heavy atom. The fourth-order valence-electron chi connectivity index (χ4n) is 2.74. The third-order valence-corrected chi connectivity index (χ3v) is 4.08. The maximum atomic E-state index is 12.5. The summed E-state index contributed by atoms with van der Waals surface area (Å²) >= 11 is 0. The number of H-pyrrole nitrogens is 1. The predicted molar refractivity (Wildman–Crippen MR) is 98.1 cm³/mol. The average molecular weight is 344 g/mol. The van der Waals surface area contributed by atoms with Gasteiger partial charge in [-0.25, -0.2) is 9.67 Å². The predicted octanol–water partition coefficient (Wildman–Crippen LogP) is 3.22. The maximum absolute atomic E-state index is 12.5. The van der Waals surface area contributed by atoms with Gasteiger partial charge in [-0.2, -0.15) is 10.2 Å². The minimum absolute atomic E-state index is 0.160. The molecule has 1 amide bonds. The Bertz CT molecular complexity index is 1020. The van der Waals surface area contributed by atoms with Gasteiger partial charge in [-0.3, -0.25) is 9.89 Å². The molecule has 2 N–H and O–H groups in total. The normalized spacial score (nSPS) is 10.7. The molecule has 2 aromatic heterocycles. The zero-order valence-electron chi connectivity index (χ0n) is 14.0. The van der Waals surface area contributed by atoms with Crippen LogP contribution in [0.1, 0.15) is 15.9 Å². The number of nitrogens with zero attached hydrogens (tertiary/aromatic N) is 4. The van der Waals surface area contributed by atoms with Crippen molar-refractivity contribution in [3.63, 3.8) is 0 Å². The number of benzene rings is 2. The first-order chi connectivity index (χ1) is 12.7. The number of hydrogen-bond acceptors (Lipinski definition) is 4. The van der Waals surface area contributed by atoms with E-state index < -0.39 is 0 Å². The Labute approximate surface area is 149 Å². The van der Waals surface area contributed by atoms with E-state index in [1.807, 2.05) is 49.4 Å². The van der Waals surface area contributed by atoms with Gasteiger partial charge < -0.3 is 5.32 Å². The number of hydrogen-bond donors (Lipinski definition) is 2. The van der Waals surface area contributed by atoms with E-state index in [-0.39, 0.29) is 5.91 Å². The highest BCUT2D eigenvalue weighted by molar-refractivity contribution is 6.04. The summed E-state index contributed by atoms with van der Waals surface area (Å²) in [5.41, 5.74) is 5.09. The highest BCUT2D eigenvalue weighted by atomic mass is 16.1. The molecule has 4 rings (SSSR count). The number of carbonyl (C=O) groups is 1. The van der Waals surface area contributed by atoms with E-state index in [1.54, 1.807) is 23.3 Å². The monoisotopic (exact) mass is 344 g/mol. The number of rotatable bonds is 4. The topological polar surface area (TPSA) is 88.5 Å². The fraction of sp³-hybridized carbons (Fsp3) is 0.0526.